The van der Waals surface area contributed by atoms with Gasteiger partial charge in [0.15, 0.2) is 0 Å². The molecule has 2 aliphatic heterocycles. The first-order valence-electron chi connectivity index (χ1n) is 12.1. The summed E-state index contributed by atoms with van der Waals surface area (Å²) in [6.07, 6.45) is 5.09. The van der Waals surface area contributed by atoms with Crippen molar-refractivity contribution in [2.45, 2.75) is 52.1 Å². The van der Waals surface area contributed by atoms with Crippen molar-refractivity contribution in [2.24, 2.45) is 5.92 Å². The third-order valence-corrected chi connectivity index (χ3v) is 6.36. The molecule has 0 aliphatic carbocycles. The molecule has 3 amide bonds. The summed E-state index contributed by atoms with van der Waals surface area (Å²) in [5.74, 6) is 6.73. The third-order valence-electron chi connectivity index (χ3n) is 6.36. The van der Waals surface area contributed by atoms with Gasteiger partial charge in [-0.2, -0.15) is 0 Å². The van der Waals surface area contributed by atoms with Crippen molar-refractivity contribution in [1.29, 1.82) is 0 Å². The lowest BCUT2D eigenvalue weighted by atomic mass is 9.96. The number of carbonyl (C=O) groups excluding carboxylic acids is 2. The second-order valence-corrected chi connectivity index (χ2v) is 8.76. The van der Waals surface area contributed by atoms with E-state index in [0.717, 1.165) is 64.1 Å². The van der Waals surface area contributed by atoms with Crippen LogP contribution in [-0.2, 0) is 11.3 Å². The molecule has 0 atom stereocenters. The number of rotatable bonds is 7. The van der Waals surface area contributed by atoms with Gasteiger partial charge in [0.05, 0.1) is 18.8 Å². The highest BCUT2D eigenvalue weighted by atomic mass is 16.6. The van der Waals surface area contributed by atoms with Gasteiger partial charge in [0.2, 0.25) is 0 Å². The highest BCUT2D eigenvalue weighted by molar-refractivity contribution is 5.74. The van der Waals surface area contributed by atoms with Crippen LogP contribution in [0.1, 0.15) is 45.2 Å². The Bertz CT molecular complexity index is 806. The van der Waals surface area contributed by atoms with E-state index < -0.39 is 0 Å². The number of piperidine rings is 2. The molecule has 2 fully saturated rings. The Kier molecular flexibility index (Phi) is 9.82. The minimum Gasteiger partial charge on any atom is -0.450 e. The fourth-order valence-electron chi connectivity index (χ4n) is 4.47. The zero-order chi connectivity index (χ0) is 23.5. The topological polar surface area (TPSA) is 78.0 Å². The Morgan fingerprint density at radius 3 is 2.52 bits per heavy atom. The molecule has 180 valence electrons. The van der Waals surface area contributed by atoms with Crippen molar-refractivity contribution < 1.29 is 14.3 Å². The molecule has 2 aliphatic rings. The molecule has 33 heavy (non-hydrogen) atoms. The summed E-state index contributed by atoms with van der Waals surface area (Å²) >= 11 is 0. The van der Waals surface area contributed by atoms with Gasteiger partial charge in [-0.15, -0.1) is 5.92 Å². The lowest BCUT2D eigenvalue weighted by Crippen LogP contribution is -2.52. The molecule has 1 aromatic heterocycles. The molecule has 8 nitrogen and oxygen atoms in total. The first-order chi connectivity index (χ1) is 16.1. The first kappa shape index (κ1) is 24.8. The SMILES string of the molecule is CC#CCN(Cc1ccccn1)CC1CCN(C(=O)NC2CCN(C(=O)OCC)CC2)CC1. The summed E-state index contributed by atoms with van der Waals surface area (Å²) in [5, 5.41) is 3.17. The molecule has 0 aromatic carbocycles. The van der Waals surface area contributed by atoms with E-state index in [2.05, 4.69) is 33.1 Å². The molecule has 0 spiro atoms. The van der Waals surface area contributed by atoms with Crippen LogP contribution in [0.25, 0.3) is 0 Å². The second-order valence-electron chi connectivity index (χ2n) is 8.76. The van der Waals surface area contributed by atoms with Gasteiger partial charge in [-0.05, 0) is 57.6 Å². The minimum absolute atomic E-state index is 0.0187. The van der Waals surface area contributed by atoms with Crippen LogP contribution in [0.15, 0.2) is 24.4 Å². The number of aromatic nitrogens is 1. The summed E-state index contributed by atoms with van der Waals surface area (Å²) in [6.45, 7) is 9.35. The fraction of sp³-hybridized carbons (Fsp3) is 0.640. The van der Waals surface area contributed by atoms with E-state index in [1.54, 1.807) is 4.90 Å². The number of ether oxygens (including phenoxy) is 1. The van der Waals surface area contributed by atoms with Crippen LogP contribution in [0.2, 0.25) is 0 Å². The Hall–Kier alpha value is -2.79. The van der Waals surface area contributed by atoms with E-state index in [9.17, 15) is 9.59 Å². The Morgan fingerprint density at radius 1 is 1.15 bits per heavy atom. The van der Waals surface area contributed by atoms with Crippen LogP contribution in [0.5, 0.6) is 0 Å². The van der Waals surface area contributed by atoms with Crippen molar-refractivity contribution >= 4 is 12.1 Å². The number of likely N-dealkylation sites (tertiary alicyclic amines) is 2. The normalized spacial score (nSPS) is 17.4. The molecular weight excluding hydrogens is 418 g/mol. The largest absolute Gasteiger partial charge is 0.450 e. The summed E-state index contributed by atoms with van der Waals surface area (Å²) < 4.78 is 5.06. The van der Waals surface area contributed by atoms with E-state index in [4.69, 9.17) is 4.74 Å². The molecule has 1 aromatic rings. The predicted octanol–water partition coefficient (Wildman–Crippen LogP) is 2.95. The van der Waals surface area contributed by atoms with Gasteiger partial charge in [0, 0.05) is 51.5 Å². The number of nitrogens with zero attached hydrogens (tertiary/aromatic N) is 4. The van der Waals surface area contributed by atoms with Crippen LogP contribution in [0.3, 0.4) is 0 Å². The lowest BCUT2D eigenvalue weighted by molar-refractivity contribution is 0.0945. The molecule has 0 radical (unpaired) electrons. The molecular formula is C25H37N5O3. The summed E-state index contributed by atoms with van der Waals surface area (Å²) in [5.41, 5.74) is 1.06. The van der Waals surface area contributed by atoms with E-state index in [1.165, 1.54) is 0 Å². The summed E-state index contributed by atoms with van der Waals surface area (Å²) in [6, 6.07) is 6.14. The molecule has 0 unspecified atom stereocenters. The van der Waals surface area contributed by atoms with E-state index >= 15 is 0 Å². The highest BCUT2D eigenvalue weighted by Crippen LogP contribution is 2.20. The van der Waals surface area contributed by atoms with E-state index in [-0.39, 0.29) is 18.2 Å². The van der Waals surface area contributed by atoms with Crippen LogP contribution >= 0.6 is 0 Å². The molecule has 3 heterocycles. The Balaban J connectivity index is 1.40. The number of hydrogen-bond donors (Lipinski definition) is 1. The van der Waals surface area contributed by atoms with Crippen molar-refractivity contribution in [3.63, 3.8) is 0 Å². The molecule has 1 N–H and O–H groups in total. The minimum atomic E-state index is -0.258. The number of urea groups is 1. The van der Waals surface area contributed by atoms with Gasteiger partial charge in [-0.3, -0.25) is 9.88 Å². The smallest absolute Gasteiger partial charge is 0.409 e. The van der Waals surface area contributed by atoms with Gasteiger partial charge in [-0.25, -0.2) is 9.59 Å². The highest BCUT2D eigenvalue weighted by Gasteiger charge is 2.28. The molecule has 0 saturated carbocycles. The maximum absolute atomic E-state index is 12.8. The van der Waals surface area contributed by atoms with Crippen LogP contribution in [0, 0.1) is 17.8 Å². The molecule has 8 heteroatoms. The average Bonchev–Trinajstić information content (AvgIpc) is 2.84. The molecule has 0 bridgehead atoms. The number of pyridine rings is 1. The zero-order valence-corrected chi connectivity index (χ0v) is 20.0. The van der Waals surface area contributed by atoms with Crippen molar-refractivity contribution in [1.82, 2.24) is 25.0 Å². The van der Waals surface area contributed by atoms with Crippen molar-refractivity contribution in [3.05, 3.63) is 30.1 Å². The maximum Gasteiger partial charge on any atom is 0.409 e. The van der Waals surface area contributed by atoms with E-state index in [1.807, 2.05) is 37.1 Å². The Morgan fingerprint density at radius 2 is 1.88 bits per heavy atom. The predicted molar refractivity (Wildman–Crippen MR) is 127 cm³/mol. The van der Waals surface area contributed by atoms with Gasteiger partial charge >= 0.3 is 12.1 Å². The summed E-state index contributed by atoms with van der Waals surface area (Å²) in [7, 11) is 0. The quantitative estimate of drug-likeness (QED) is 0.640. The number of carbonyl (C=O) groups is 2. The maximum atomic E-state index is 12.8. The second kappa shape index (κ2) is 13.0. The van der Waals surface area contributed by atoms with Crippen LogP contribution in [-0.4, -0.2) is 83.7 Å². The lowest BCUT2D eigenvalue weighted by Gasteiger charge is -2.36. The first-order valence-corrected chi connectivity index (χ1v) is 12.1. The van der Waals surface area contributed by atoms with Crippen molar-refractivity contribution in [2.75, 3.05) is 45.9 Å². The van der Waals surface area contributed by atoms with Gasteiger partial charge in [0.1, 0.15) is 0 Å². The van der Waals surface area contributed by atoms with Crippen LogP contribution < -0.4 is 5.32 Å². The molecule has 2 saturated heterocycles. The zero-order valence-electron chi connectivity index (χ0n) is 20.0. The molecule has 3 rings (SSSR count). The number of nitrogens with one attached hydrogen (secondary N) is 1. The average molecular weight is 456 g/mol. The summed E-state index contributed by atoms with van der Waals surface area (Å²) in [4.78, 5) is 35.1. The Labute approximate surface area is 197 Å². The van der Waals surface area contributed by atoms with E-state index in [0.29, 0.717) is 25.6 Å². The third kappa shape index (κ3) is 7.93. The standard InChI is InChI=1S/C25H37N5O3/c1-3-5-14-28(20-23-8-6-7-13-26-23)19-21-9-15-29(16-10-21)24(31)27-22-11-17-30(18-12-22)25(32)33-4-2/h6-8,13,21-22H,4,9-12,14-20H2,1-2H3,(H,27,31). The van der Waals surface area contributed by atoms with Gasteiger partial charge in [0.25, 0.3) is 0 Å². The monoisotopic (exact) mass is 455 g/mol. The van der Waals surface area contributed by atoms with Gasteiger partial charge in [-0.1, -0.05) is 12.0 Å². The van der Waals surface area contributed by atoms with Gasteiger partial charge < -0.3 is 19.9 Å². The fourth-order valence-corrected chi connectivity index (χ4v) is 4.47. The number of hydrogen-bond acceptors (Lipinski definition) is 5. The van der Waals surface area contributed by atoms with Crippen molar-refractivity contribution in [3.8, 4) is 11.8 Å². The van der Waals surface area contributed by atoms with Crippen LogP contribution in [0.4, 0.5) is 9.59 Å². The number of amides is 3.